The molecule has 1 fully saturated rings. The van der Waals surface area contributed by atoms with E-state index in [1.54, 1.807) is 11.8 Å². The van der Waals surface area contributed by atoms with Crippen molar-refractivity contribution in [2.24, 2.45) is 10.9 Å². The molecule has 2 aliphatic heterocycles. The Morgan fingerprint density at radius 3 is 2.61 bits per heavy atom. The molecule has 7 nitrogen and oxygen atoms in total. The van der Waals surface area contributed by atoms with Crippen LogP contribution in [0.2, 0.25) is 0 Å². The number of amidine groups is 1. The van der Waals surface area contributed by atoms with E-state index in [-0.39, 0.29) is 11.8 Å². The third-order valence-electron chi connectivity index (χ3n) is 4.86. The molecule has 0 unspecified atom stereocenters. The van der Waals surface area contributed by atoms with E-state index >= 15 is 0 Å². The molecule has 8 heteroatoms. The monoisotopic (exact) mass is 446 g/mol. The average molecular weight is 447 g/mol. The van der Waals surface area contributed by atoms with Crippen molar-refractivity contribution in [3.05, 3.63) is 35.0 Å². The Labute approximate surface area is 187 Å². The molecule has 0 saturated carbocycles. The molecule has 3 rings (SSSR count). The van der Waals surface area contributed by atoms with Gasteiger partial charge in [0, 0.05) is 12.2 Å². The highest BCUT2D eigenvalue weighted by Gasteiger charge is 2.42. The molecule has 168 valence electrons. The number of thioether (sulfide) groups is 1. The normalized spacial score (nSPS) is 18.6. The molecule has 2 heterocycles. The standard InChI is InChI=1S/C23H30N2O5S/c1-6-28-17-9-8-16(12-18(17)29-7-2)21-20(22(27)30-13-14(3)4)15(5)24-23-25(21)19(26)10-11-31-23/h8-9,12,14,21H,6-7,10-11,13H2,1-5H3/t21-/m0/s1. The molecule has 0 bridgehead atoms. The fraction of sp³-hybridized carbons (Fsp3) is 0.522. The van der Waals surface area contributed by atoms with Gasteiger partial charge in [0.15, 0.2) is 16.7 Å². The third kappa shape index (κ3) is 5.06. The summed E-state index contributed by atoms with van der Waals surface area (Å²) in [6.07, 6.45) is 0.392. The Hall–Kier alpha value is -2.48. The van der Waals surface area contributed by atoms with E-state index in [0.717, 1.165) is 5.56 Å². The summed E-state index contributed by atoms with van der Waals surface area (Å²) < 4.78 is 17.0. The molecule has 0 radical (unpaired) electrons. The van der Waals surface area contributed by atoms with Gasteiger partial charge < -0.3 is 14.2 Å². The lowest BCUT2D eigenvalue weighted by Gasteiger charge is -2.39. The second kappa shape index (κ2) is 10.2. The molecular weight excluding hydrogens is 416 g/mol. The van der Waals surface area contributed by atoms with Gasteiger partial charge in [-0.1, -0.05) is 31.7 Å². The van der Waals surface area contributed by atoms with Crippen LogP contribution in [0.5, 0.6) is 11.5 Å². The fourth-order valence-electron chi connectivity index (χ4n) is 3.53. The molecule has 0 spiro atoms. The molecule has 1 aromatic rings. The fourth-order valence-corrected chi connectivity index (χ4v) is 4.54. The second-order valence-corrected chi connectivity index (χ2v) is 8.78. The van der Waals surface area contributed by atoms with Crippen LogP contribution in [0.1, 0.15) is 52.6 Å². The average Bonchev–Trinajstić information content (AvgIpc) is 2.73. The van der Waals surface area contributed by atoms with Gasteiger partial charge in [-0.2, -0.15) is 0 Å². The summed E-state index contributed by atoms with van der Waals surface area (Å²) in [6.45, 7) is 10.8. The van der Waals surface area contributed by atoms with Crippen LogP contribution in [-0.2, 0) is 14.3 Å². The summed E-state index contributed by atoms with van der Waals surface area (Å²) in [5.41, 5.74) is 1.71. The van der Waals surface area contributed by atoms with E-state index in [2.05, 4.69) is 4.99 Å². The van der Waals surface area contributed by atoms with Crippen molar-refractivity contribution in [1.29, 1.82) is 0 Å². The Balaban J connectivity index is 2.10. The van der Waals surface area contributed by atoms with Crippen LogP contribution in [0, 0.1) is 5.92 Å². The van der Waals surface area contributed by atoms with E-state index in [1.165, 1.54) is 11.8 Å². The summed E-state index contributed by atoms with van der Waals surface area (Å²) >= 11 is 1.52. The zero-order valence-corrected chi connectivity index (χ0v) is 19.6. The summed E-state index contributed by atoms with van der Waals surface area (Å²) in [5, 5.41) is 0.617. The van der Waals surface area contributed by atoms with Gasteiger partial charge in [0.1, 0.15) is 0 Å². The zero-order chi connectivity index (χ0) is 22.5. The zero-order valence-electron chi connectivity index (χ0n) is 18.8. The van der Waals surface area contributed by atoms with Crippen molar-refractivity contribution in [2.45, 2.75) is 47.1 Å². The molecule has 1 amide bonds. The molecule has 0 aliphatic carbocycles. The van der Waals surface area contributed by atoms with Crippen molar-refractivity contribution < 1.29 is 23.8 Å². The molecule has 31 heavy (non-hydrogen) atoms. The SMILES string of the molecule is CCOc1ccc([C@H]2C(C(=O)OCC(C)C)=C(C)N=C3SCCC(=O)N32)cc1OCC. The van der Waals surface area contributed by atoms with E-state index < -0.39 is 12.0 Å². The van der Waals surface area contributed by atoms with Crippen LogP contribution >= 0.6 is 11.8 Å². The first-order valence-corrected chi connectivity index (χ1v) is 11.7. The van der Waals surface area contributed by atoms with Crippen molar-refractivity contribution in [3.63, 3.8) is 0 Å². The van der Waals surface area contributed by atoms with Gasteiger partial charge in [0.25, 0.3) is 0 Å². The molecule has 0 N–H and O–H groups in total. The molecule has 0 aromatic heterocycles. The number of fused-ring (bicyclic) bond motifs is 1. The van der Waals surface area contributed by atoms with Crippen LogP contribution < -0.4 is 9.47 Å². The summed E-state index contributed by atoms with van der Waals surface area (Å²) in [4.78, 5) is 32.2. The van der Waals surface area contributed by atoms with Crippen molar-refractivity contribution in [2.75, 3.05) is 25.6 Å². The van der Waals surface area contributed by atoms with E-state index in [1.807, 2.05) is 45.9 Å². The maximum atomic E-state index is 13.1. The maximum Gasteiger partial charge on any atom is 0.338 e. The molecule has 1 atom stereocenters. The number of benzene rings is 1. The third-order valence-corrected chi connectivity index (χ3v) is 5.81. The highest BCUT2D eigenvalue weighted by Crippen LogP contribution is 2.42. The van der Waals surface area contributed by atoms with Gasteiger partial charge in [0.2, 0.25) is 5.91 Å². The number of carbonyl (C=O) groups excluding carboxylic acids is 2. The molecule has 1 saturated heterocycles. The van der Waals surface area contributed by atoms with Crippen LogP contribution in [0.25, 0.3) is 0 Å². The van der Waals surface area contributed by atoms with Crippen molar-refractivity contribution >= 4 is 28.8 Å². The number of rotatable bonds is 8. The molecule has 2 aliphatic rings. The quantitative estimate of drug-likeness (QED) is 0.553. The summed E-state index contributed by atoms with van der Waals surface area (Å²) in [6, 6.07) is 4.92. The van der Waals surface area contributed by atoms with Crippen molar-refractivity contribution in [3.8, 4) is 11.5 Å². The summed E-state index contributed by atoms with van der Waals surface area (Å²) in [5.74, 6) is 1.57. The van der Waals surface area contributed by atoms with Gasteiger partial charge in [-0.3, -0.25) is 9.69 Å². The summed E-state index contributed by atoms with van der Waals surface area (Å²) in [7, 11) is 0. The first kappa shape index (κ1) is 23.2. The number of aliphatic imine (C=N–C) groups is 1. The van der Waals surface area contributed by atoms with E-state index in [9.17, 15) is 9.59 Å². The van der Waals surface area contributed by atoms with Crippen LogP contribution in [0.15, 0.2) is 34.5 Å². The Morgan fingerprint density at radius 2 is 1.94 bits per heavy atom. The van der Waals surface area contributed by atoms with Gasteiger partial charge in [0.05, 0.1) is 37.1 Å². The number of esters is 1. The number of hydrogen-bond acceptors (Lipinski definition) is 7. The molecule has 1 aromatic carbocycles. The number of hydrogen-bond donors (Lipinski definition) is 0. The van der Waals surface area contributed by atoms with Crippen molar-refractivity contribution in [1.82, 2.24) is 4.90 Å². The lowest BCUT2D eigenvalue weighted by atomic mass is 9.93. The lowest BCUT2D eigenvalue weighted by Crippen LogP contribution is -2.45. The smallest absolute Gasteiger partial charge is 0.338 e. The van der Waals surface area contributed by atoms with E-state index in [4.69, 9.17) is 14.2 Å². The van der Waals surface area contributed by atoms with Crippen LogP contribution in [-0.4, -0.2) is 47.5 Å². The van der Waals surface area contributed by atoms with Crippen LogP contribution in [0.4, 0.5) is 0 Å². The largest absolute Gasteiger partial charge is 0.490 e. The van der Waals surface area contributed by atoms with Crippen LogP contribution in [0.3, 0.4) is 0 Å². The van der Waals surface area contributed by atoms with Gasteiger partial charge >= 0.3 is 5.97 Å². The minimum atomic E-state index is -0.623. The number of ether oxygens (including phenoxy) is 3. The minimum Gasteiger partial charge on any atom is -0.490 e. The number of allylic oxidation sites excluding steroid dienone is 1. The van der Waals surface area contributed by atoms with E-state index in [0.29, 0.717) is 59.9 Å². The van der Waals surface area contributed by atoms with Gasteiger partial charge in [-0.15, -0.1) is 0 Å². The lowest BCUT2D eigenvalue weighted by molar-refractivity contribution is -0.141. The number of carbonyl (C=O) groups is 2. The van der Waals surface area contributed by atoms with Gasteiger partial charge in [-0.05, 0) is 44.4 Å². The maximum absolute atomic E-state index is 13.1. The highest BCUT2D eigenvalue weighted by atomic mass is 32.2. The topological polar surface area (TPSA) is 77.4 Å². The first-order valence-electron chi connectivity index (χ1n) is 10.7. The predicted octanol–water partition coefficient (Wildman–Crippen LogP) is 4.33. The van der Waals surface area contributed by atoms with Gasteiger partial charge in [-0.25, -0.2) is 9.79 Å². The number of nitrogens with zero attached hydrogens (tertiary/aromatic N) is 2. The Kier molecular flexibility index (Phi) is 7.64. The highest BCUT2D eigenvalue weighted by molar-refractivity contribution is 8.14. The Morgan fingerprint density at radius 1 is 1.23 bits per heavy atom. The predicted molar refractivity (Wildman–Crippen MR) is 121 cm³/mol. The first-order chi connectivity index (χ1) is 14.9. The second-order valence-electron chi connectivity index (χ2n) is 7.72. The number of amides is 1. The Bertz CT molecular complexity index is 909. The minimum absolute atomic E-state index is 0.0593. The molecular formula is C23H30N2O5S.